The normalized spacial score (nSPS) is 12.4. The minimum absolute atomic E-state index is 0.125. The van der Waals surface area contributed by atoms with Crippen molar-refractivity contribution in [2.45, 2.75) is 46.1 Å². The highest BCUT2D eigenvalue weighted by Gasteiger charge is 2.08. The Morgan fingerprint density at radius 1 is 1.22 bits per heavy atom. The van der Waals surface area contributed by atoms with E-state index in [0.717, 1.165) is 24.1 Å². The lowest BCUT2D eigenvalue weighted by atomic mass is 10.0. The zero-order valence-corrected chi connectivity index (χ0v) is 11.6. The molecule has 1 aromatic rings. The Kier molecular flexibility index (Phi) is 5.69. The van der Waals surface area contributed by atoms with Crippen LogP contribution in [0.15, 0.2) is 24.3 Å². The van der Waals surface area contributed by atoms with Gasteiger partial charge in [-0.3, -0.25) is 4.79 Å². The molecule has 0 spiro atoms. The zero-order chi connectivity index (χ0) is 13.5. The van der Waals surface area contributed by atoms with Gasteiger partial charge in [0.1, 0.15) is 0 Å². The molecule has 0 radical (unpaired) electrons. The van der Waals surface area contributed by atoms with E-state index in [2.05, 4.69) is 26.1 Å². The summed E-state index contributed by atoms with van der Waals surface area (Å²) in [4.78, 5) is 11.7. The second-order valence-electron chi connectivity index (χ2n) is 5.34. The predicted octanol–water partition coefficient (Wildman–Crippen LogP) is 2.75. The third-order valence-electron chi connectivity index (χ3n) is 2.85. The van der Waals surface area contributed by atoms with Crippen LogP contribution >= 0.6 is 0 Å². The van der Waals surface area contributed by atoms with Crippen LogP contribution in [-0.2, 0) is 11.2 Å². The van der Waals surface area contributed by atoms with E-state index in [9.17, 15) is 4.79 Å². The number of rotatable bonds is 6. The van der Waals surface area contributed by atoms with Crippen molar-refractivity contribution in [1.82, 2.24) is 5.32 Å². The molecule has 1 unspecified atom stereocenters. The lowest BCUT2D eigenvalue weighted by molar-refractivity contribution is -0.121. The van der Waals surface area contributed by atoms with Crippen molar-refractivity contribution in [2.24, 2.45) is 5.92 Å². The van der Waals surface area contributed by atoms with Crippen LogP contribution in [0.25, 0.3) is 0 Å². The van der Waals surface area contributed by atoms with Gasteiger partial charge in [0.05, 0.1) is 0 Å². The summed E-state index contributed by atoms with van der Waals surface area (Å²) >= 11 is 0. The lowest BCUT2D eigenvalue weighted by Crippen LogP contribution is -2.33. The van der Waals surface area contributed by atoms with Crippen LogP contribution in [0.4, 0.5) is 5.69 Å². The number of nitrogens with two attached hydrogens (primary N) is 1. The number of benzene rings is 1. The molecule has 0 aliphatic rings. The molecule has 3 N–H and O–H groups in total. The third-order valence-corrected chi connectivity index (χ3v) is 2.85. The molecule has 3 nitrogen and oxygen atoms in total. The first-order chi connectivity index (χ1) is 8.47. The molecule has 0 saturated carbocycles. The average molecular weight is 248 g/mol. The van der Waals surface area contributed by atoms with E-state index in [1.54, 1.807) is 0 Å². The van der Waals surface area contributed by atoms with Gasteiger partial charge in [-0.15, -0.1) is 0 Å². The molecular formula is C15H24N2O. The molecule has 0 bridgehead atoms. The Morgan fingerprint density at radius 2 is 1.83 bits per heavy atom. The van der Waals surface area contributed by atoms with Crippen molar-refractivity contribution < 1.29 is 4.79 Å². The largest absolute Gasteiger partial charge is 0.399 e. The molecule has 0 aliphatic carbocycles. The van der Waals surface area contributed by atoms with Crippen LogP contribution in [-0.4, -0.2) is 11.9 Å². The summed E-state index contributed by atoms with van der Waals surface area (Å²) in [5, 5.41) is 3.03. The minimum Gasteiger partial charge on any atom is -0.399 e. The van der Waals surface area contributed by atoms with E-state index < -0.39 is 0 Å². The van der Waals surface area contributed by atoms with Gasteiger partial charge in [-0.1, -0.05) is 26.0 Å². The number of amides is 1. The van der Waals surface area contributed by atoms with Gasteiger partial charge in [0.15, 0.2) is 0 Å². The first-order valence-electron chi connectivity index (χ1n) is 6.61. The van der Waals surface area contributed by atoms with Crippen LogP contribution in [0.5, 0.6) is 0 Å². The fourth-order valence-corrected chi connectivity index (χ4v) is 2.06. The van der Waals surface area contributed by atoms with Gasteiger partial charge < -0.3 is 11.1 Å². The quantitative estimate of drug-likeness (QED) is 0.761. The molecule has 18 heavy (non-hydrogen) atoms. The number of hydrogen-bond acceptors (Lipinski definition) is 2. The van der Waals surface area contributed by atoms with Crippen molar-refractivity contribution in [3.05, 3.63) is 29.8 Å². The fourth-order valence-electron chi connectivity index (χ4n) is 2.06. The summed E-state index contributed by atoms with van der Waals surface area (Å²) in [7, 11) is 0. The van der Waals surface area contributed by atoms with Gasteiger partial charge >= 0.3 is 0 Å². The van der Waals surface area contributed by atoms with Crippen molar-refractivity contribution in [2.75, 3.05) is 5.73 Å². The maximum atomic E-state index is 11.7. The van der Waals surface area contributed by atoms with Gasteiger partial charge in [0.2, 0.25) is 5.91 Å². The van der Waals surface area contributed by atoms with Crippen molar-refractivity contribution >= 4 is 11.6 Å². The summed E-state index contributed by atoms with van der Waals surface area (Å²) in [6.45, 7) is 6.38. The van der Waals surface area contributed by atoms with Crippen LogP contribution in [0.2, 0.25) is 0 Å². The Labute approximate surface area is 110 Å². The summed E-state index contributed by atoms with van der Waals surface area (Å²) in [5.74, 6) is 0.734. The summed E-state index contributed by atoms with van der Waals surface area (Å²) in [6.07, 6.45) is 2.32. The van der Waals surface area contributed by atoms with E-state index in [4.69, 9.17) is 5.73 Å². The summed E-state index contributed by atoms with van der Waals surface area (Å²) in [5.41, 5.74) is 7.52. The Balaban J connectivity index is 2.30. The number of hydrogen-bond donors (Lipinski definition) is 2. The molecule has 3 heteroatoms. The molecular weight excluding hydrogens is 224 g/mol. The SMILES string of the molecule is CC(C)CC(C)NC(=O)CCc1ccc(N)cc1. The van der Waals surface area contributed by atoms with Crippen molar-refractivity contribution in [1.29, 1.82) is 0 Å². The number of carbonyl (C=O) groups excluding carboxylic acids is 1. The number of nitrogens with one attached hydrogen (secondary N) is 1. The number of aryl methyl sites for hydroxylation is 1. The van der Waals surface area contributed by atoms with E-state index in [-0.39, 0.29) is 11.9 Å². The second-order valence-corrected chi connectivity index (χ2v) is 5.34. The van der Waals surface area contributed by atoms with E-state index in [0.29, 0.717) is 12.3 Å². The van der Waals surface area contributed by atoms with E-state index >= 15 is 0 Å². The molecule has 1 atom stereocenters. The van der Waals surface area contributed by atoms with Crippen LogP contribution < -0.4 is 11.1 Å². The van der Waals surface area contributed by atoms with E-state index in [1.165, 1.54) is 0 Å². The molecule has 0 saturated heterocycles. The third kappa shape index (κ3) is 5.71. The number of anilines is 1. The Hall–Kier alpha value is -1.51. The monoisotopic (exact) mass is 248 g/mol. The molecule has 0 heterocycles. The van der Waals surface area contributed by atoms with Gasteiger partial charge in [-0.05, 0) is 43.4 Å². The molecule has 1 aromatic carbocycles. The van der Waals surface area contributed by atoms with Gasteiger partial charge in [0, 0.05) is 18.2 Å². The minimum atomic E-state index is 0.125. The summed E-state index contributed by atoms with van der Waals surface area (Å²) < 4.78 is 0. The average Bonchev–Trinajstić information content (AvgIpc) is 2.27. The topological polar surface area (TPSA) is 55.1 Å². The molecule has 0 aromatic heterocycles. The van der Waals surface area contributed by atoms with Gasteiger partial charge in [-0.2, -0.15) is 0 Å². The smallest absolute Gasteiger partial charge is 0.220 e. The lowest BCUT2D eigenvalue weighted by Gasteiger charge is -2.15. The van der Waals surface area contributed by atoms with Crippen molar-refractivity contribution in [3.8, 4) is 0 Å². The number of carbonyl (C=O) groups is 1. The van der Waals surface area contributed by atoms with E-state index in [1.807, 2.05) is 24.3 Å². The molecule has 1 rings (SSSR count). The summed E-state index contributed by atoms with van der Waals surface area (Å²) in [6, 6.07) is 7.94. The highest BCUT2D eigenvalue weighted by molar-refractivity contribution is 5.76. The standard InChI is InChI=1S/C15H24N2O/c1-11(2)10-12(3)17-15(18)9-6-13-4-7-14(16)8-5-13/h4-5,7-8,11-12H,6,9-10,16H2,1-3H3,(H,17,18). The first-order valence-corrected chi connectivity index (χ1v) is 6.61. The maximum Gasteiger partial charge on any atom is 0.220 e. The van der Waals surface area contributed by atoms with Gasteiger partial charge in [-0.25, -0.2) is 0 Å². The Bertz CT molecular complexity index is 371. The van der Waals surface area contributed by atoms with Crippen LogP contribution in [0.1, 0.15) is 39.2 Å². The molecule has 0 aliphatic heterocycles. The molecule has 1 amide bonds. The predicted molar refractivity (Wildman–Crippen MR) is 76.2 cm³/mol. The molecule has 100 valence electrons. The van der Waals surface area contributed by atoms with Crippen molar-refractivity contribution in [3.63, 3.8) is 0 Å². The van der Waals surface area contributed by atoms with Crippen LogP contribution in [0.3, 0.4) is 0 Å². The first kappa shape index (κ1) is 14.6. The fraction of sp³-hybridized carbons (Fsp3) is 0.533. The zero-order valence-electron chi connectivity index (χ0n) is 11.6. The second kappa shape index (κ2) is 7.04. The van der Waals surface area contributed by atoms with Gasteiger partial charge in [0.25, 0.3) is 0 Å². The highest BCUT2D eigenvalue weighted by Crippen LogP contribution is 2.08. The number of nitrogen functional groups attached to an aromatic ring is 1. The Morgan fingerprint density at radius 3 is 2.39 bits per heavy atom. The maximum absolute atomic E-state index is 11.7. The highest BCUT2D eigenvalue weighted by atomic mass is 16.1. The van der Waals surface area contributed by atoms with Crippen LogP contribution in [0, 0.1) is 5.92 Å². The molecule has 0 fully saturated rings.